The Morgan fingerprint density at radius 1 is 1.23 bits per heavy atom. The number of nitrogens with two attached hydrogens (primary N) is 2. The van der Waals surface area contributed by atoms with Gasteiger partial charge in [0.15, 0.2) is 8.38 Å². The number of rotatable bonds is 9. The van der Waals surface area contributed by atoms with E-state index in [1.807, 2.05) is 13.1 Å². The van der Waals surface area contributed by atoms with Crippen molar-refractivity contribution in [1.82, 2.24) is 15.1 Å². The first-order valence-electron chi connectivity index (χ1n) is 13.6. The summed E-state index contributed by atoms with van der Waals surface area (Å²) < 4.78 is 73.7. The number of aliphatic imine (C=N–C) groups is 1. The van der Waals surface area contributed by atoms with Gasteiger partial charge in [0.25, 0.3) is 0 Å². The summed E-state index contributed by atoms with van der Waals surface area (Å²) in [5.74, 6) is 0.310. The minimum atomic E-state index is -4.68. The molecule has 2 aliphatic rings. The molecule has 2 aliphatic heterocycles. The molecule has 0 aliphatic carbocycles. The Hall–Kier alpha value is -4.00. The van der Waals surface area contributed by atoms with E-state index in [1.54, 1.807) is 21.3 Å². The summed E-state index contributed by atoms with van der Waals surface area (Å²) in [5, 5.41) is 4.88. The summed E-state index contributed by atoms with van der Waals surface area (Å²) in [7, 11) is -1.69. The Morgan fingerprint density at radius 3 is 2.66 bits per heavy atom. The van der Waals surface area contributed by atoms with E-state index in [1.165, 1.54) is 37.6 Å². The second-order valence-corrected chi connectivity index (χ2v) is 11.3. The molecule has 44 heavy (non-hydrogen) atoms. The number of carbonyl (C=O) groups excluding carboxylic acids is 1. The number of nitrogens with one attached hydrogen (secondary N) is 1. The third-order valence-corrected chi connectivity index (χ3v) is 8.50. The summed E-state index contributed by atoms with van der Waals surface area (Å²) in [6, 6.07) is 8.48. The van der Waals surface area contributed by atoms with Crippen LogP contribution in [0, 0.1) is 0 Å². The molecule has 0 aromatic heterocycles. The van der Waals surface area contributed by atoms with Gasteiger partial charge in [-0.05, 0) is 52.3 Å². The number of amidine groups is 1. The Balaban J connectivity index is 1.75. The zero-order valence-electron chi connectivity index (χ0n) is 23.9. The molecular formula is C29H32F5N6O3P. The highest BCUT2D eigenvalue weighted by Gasteiger charge is 2.34. The topological polar surface area (TPSA) is 118 Å². The summed E-state index contributed by atoms with van der Waals surface area (Å²) in [4.78, 5) is 19.9. The fourth-order valence-corrected chi connectivity index (χ4v) is 6.15. The number of amides is 1. The highest BCUT2D eigenvalue weighted by Crippen LogP contribution is 2.54. The van der Waals surface area contributed by atoms with Crippen LogP contribution in [0.2, 0.25) is 0 Å². The van der Waals surface area contributed by atoms with Crippen LogP contribution in [-0.2, 0) is 16.0 Å². The van der Waals surface area contributed by atoms with Gasteiger partial charge in [-0.25, -0.2) is 9.19 Å². The normalized spacial score (nSPS) is 19.1. The zero-order valence-corrected chi connectivity index (χ0v) is 24.8. The number of likely N-dealkylation sites (tertiary alicyclic amines) is 1. The molecule has 1 amide bonds. The number of piperidine rings is 1. The smallest absolute Gasteiger partial charge is 0.416 e. The lowest BCUT2D eigenvalue weighted by molar-refractivity contribution is -0.163. The molecule has 2 atom stereocenters. The monoisotopic (exact) mass is 638 g/mol. The molecule has 9 nitrogen and oxygen atoms in total. The average Bonchev–Trinajstić information content (AvgIpc) is 3.00. The van der Waals surface area contributed by atoms with Gasteiger partial charge in [0.1, 0.15) is 17.3 Å². The molecule has 5 N–H and O–H groups in total. The lowest BCUT2D eigenvalue weighted by atomic mass is 9.98. The molecule has 1 saturated heterocycles. The number of halogens is 5. The van der Waals surface area contributed by atoms with Crippen molar-refractivity contribution in [2.45, 2.75) is 38.0 Å². The van der Waals surface area contributed by atoms with Crippen molar-refractivity contribution in [2.24, 2.45) is 16.5 Å². The lowest BCUT2D eigenvalue weighted by Crippen LogP contribution is -2.37. The zero-order chi connectivity index (χ0) is 32.0. The summed E-state index contributed by atoms with van der Waals surface area (Å²) in [6.07, 6.45) is 2.30. The number of hydrogen-bond acceptors (Lipinski definition) is 8. The van der Waals surface area contributed by atoms with Gasteiger partial charge in [-0.15, -0.1) is 5.25 Å². The Labute approximate surface area is 252 Å². The highest BCUT2D eigenvalue weighted by atomic mass is 31.2. The van der Waals surface area contributed by atoms with Gasteiger partial charge in [0, 0.05) is 43.7 Å². The van der Waals surface area contributed by atoms with E-state index in [-0.39, 0.29) is 34.3 Å². The summed E-state index contributed by atoms with van der Waals surface area (Å²) in [6.45, 7) is 2.94. The quantitative estimate of drug-likeness (QED) is 0.171. The predicted molar refractivity (Wildman–Crippen MR) is 158 cm³/mol. The number of carbonyl (C=O) groups is 1. The molecule has 0 saturated carbocycles. The van der Waals surface area contributed by atoms with Crippen LogP contribution >= 0.6 is 8.38 Å². The van der Waals surface area contributed by atoms with Crippen LogP contribution < -0.4 is 21.5 Å². The van der Waals surface area contributed by atoms with Crippen LogP contribution in [-0.4, -0.2) is 41.7 Å². The van der Waals surface area contributed by atoms with E-state index in [2.05, 4.69) is 10.0 Å². The van der Waals surface area contributed by atoms with E-state index >= 15 is 4.20 Å². The maximum atomic E-state index is 15.2. The maximum Gasteiger partial charge on any atom is 0.416 e. The van der Waals surface area contributed by atoms with E-state index in [0.717, 1.165) is 36.6 Å². The van der Waals surface area contributed by atoms with Gasteiger partial charge in [0.05, 0.1) is 24.0 Å². The van der Waals surface area contributed by atoms with Gasteiger partial charge < -0.3 is 26.0 Å². The van der Waals surface area contributed by atoms with Gasteiger partial charge in [-0.3, -0.25) is 4.79 Å². The molecule has 2 aromatic rings. The number of alkyl halides is 3. The largest absolute Gasteiger partial charge is 0.496 e. The standard InChI is InChI=1S/C29H32F5N6O3P/c1-3-24(41)39-12-5-6-18(16-39)17-40-13-11-37-28(36)26(40)25(35)22-10-9-20(15-23(22)42-2)27(44(34)38-43-33)19-7-4-8-21(14-19)29(30,31)32/h4,7-11,13-15,17,27,38H,3,5-6,12,16,35H2,1-2H3,(H2,36,37)/b18-17+,26-25-. The second-order valence-electron chi connectivity index (χ2n) is 10.0. The summed E-state index contributed by atoms with van der Waals surface area (Å²) >= 11 is 0. The Kier molecular flexibility index (Phi) is 10.6. The molecular weight excluding hydrogens is 606 g/mol. The van der Waals surface area contributed by atoms with Crippen LogP contribution in [0.15, 0.2) is 77.3 Å². The minimum Gasteiger partial charge on any atom is -0.496 e. The van der Waals surface area contributed by atoms with Crippen molar-refractivity contribution >= 4 is 25.8 Å². The van der Waals surface area contributed by atoms with Crippen molar-refractivity contribution in [3.05, 3.63) is 94.6 Å². The highest BCUT2D eigenvalue weighted by molar-refractivity contribution is 7.50. The van der Waals surface area contributed by atoms with Gasteiger partial charge >= 0.3 is 6.18 Å². The number of methoxy groups -OCH3 is 1. The molecule has 2 aromatic carbocycles. The SMILES string of the molecule is CCC(=O)N1CCC/C(=C\N2C=CN=C(N)/C2=C(/N)c2ccc(C(c3cccc(C(F)(F)F)c3)P(F)NOF)cc2OC)C1. The van der Waals surface area contributed by atoms with E-state index in [9.17, 15) is 22.5 Å². The first kappa shape index (κ1) is 32.9. The first-order valence-corrected chi connectivity index (χ1v) is 14.9. The molecule has 4 rings (SSSR count). The number of benzene rings is 2. The number of nitrogens with zero attached hydrogens (tertiary/aromatic N) is 3. The second kappa shape index (κ2) is 14.2. The molecule has 0 bridgehead atoms. The minimum absolute atomic E-state index is 0.0552. The van der Waals surface area contributed by atoms with Crippen molar-refractivity contribution in [2.75, 3.05) is 20.2 Å². The van der Waals surface area contributed by atoms with Gasteiger partial charge in [0.2, 0.25) is 5.91 Å². The van der Waals surface area contributed by atoms with Crippen LogP contribution in [0.25, 0.3) is 5.70 Å². The van der Waals surface area contributed by atoms with Crippen LogP contribution in [0.4, 0.5) is 21.9 Å². The third-order valence-electron chi connectivity index (χ3n) is 7.20. The molecule has 0 spiro atoms. The third kappa shape index (κ3) is 7.37. The van der Waals surface area contributed by atoms with E-state index < -0.39 is 25.8 Å². The maximum absolute atomic E-state index is 15.2. The molecule has 15 heteroatoms. The average molecular weight is 639 g/mol. The molecule has 0 radical (unpaired) electrons. The molecule has 236 valence electrons. The molecule has 2 heterocycles. The van der Waals surface area contributed by atoms with Crippen LogP contribution in [0.3, 0.4) is 0 Å². The van der Waals surface area contributed by atoms with Crippen molar-refractivity contribution in [3.8, 4) is 5.75 Å². The number of hydrogen-bond donors (Lipinski definition) is 3. The molecule has 2 unspecified atom stereocenters. The van der Waals surface area contributed by atoms with Crippen molar-refractivity contribution in [3.63, 3.8) is 0 Å². The van der Waals surface area contributed by atoms with E-state index in [0.29, 0.717) is 30.8 Å². The van der Waals surface area contributed by atoms with Crippen molar-refractivity contribution in [1.29, 1.82) is 0 Å². The first-order chi connectivity index (χ1) is 21.0. The van der Waals surface area contributed by atoms with Crippen LogP contribution in [0.5, 0.6) is 5.75 Å². The lowest BCUT2D eigenvalue weighted by Gasteiger charge is -2.31. The fourth-order valence-electron chi connectivity index (χ4n) is 5.13. The fraction of sp³-hybridized carbons (Fsp3) is 0.310. The summed E-state index contributed by atoms with van der Waals surface area (Å²) in [5.41, 5.74) is 12.5. The predicted octanol–water partition coefficient (Wildman–Crippen LogP) is 6.18. The van der Waals surface area contributed by atoms with Crippen LogP contribution in [0.1, 0.15) is 54.1 Å². The van der Waals surface area contributed by atoms with Crippen molar-refractivity contribution < 1.29 is 36.5 Å². The van der Waals surface area contributed by atoms with Gasteiger partial charge in [-0.2, -0.15) is 13.2 Å². The van der Waals surface area contributed by atoms with Gasteiger partial charge in [-0.1, -0.05) is 36.2 Å². The Morgan fingerprint density at radius 2 is 1.98 bits per heavy atom. The number of ether oxygens (including phenoxy) is 1. The Bertz CT molecular complexity index is 1500. The van der Waals surface area contributed by atoms with E-state index in [4.69, 9.17) is 16.2 Å². The molecule has 1 fully saturated rings.